The molecule has 0 atom stereocenters. The second-order valence-electron chi connectivity index (χ2n) is 9.16. The number of fused-ring (bicyclic) bond motifs is 1. The lowest BCUT2D eigenvalue weighted by Gasteiger charge is -2.34. The monoisotopic (exact) mass is 545 g/mol. The molecule has 1 fully saturated rings. The van der Waals surface area contributed by atoms with Gasteiger partial charge < -0.3 is 14.5 Å². The third-order valence-electron chi connectivity index (χ3n) is 6.55. The topological polar surface area (TPSA) is 122 Å². The third kappa shape index (κ3) is 5.39. The molecule has 0 radical (unpaired) electrons. The number of nitrogens with zero attached hydrogens (tertiary/aromatic N) is 4. The normalized spacial score (nSPS) is 13.8. The molecule has 2 amide bonds. The molecule has 1 aliphatic rings. The molecule has 2 aromatic carbocycles. The molecule has 0 spiro atoms. The Hall–Kier alpha value is -4.51. The summed E-state index contributed by atoms with van der Waals surface area (Å²) in [5.41, 5.74) is 2.26. The second kappa shape index (κ2) is 10.7. The molecule has 0 aliphatic carbocycles. The zero-order valence-electron chi connectivity index (χ0n) is 21.5. The van der Waals surface area contributed by atoms with Crippen LogP contribution in [0.1, 0.15) is 26.4 Å². The first-order valence-corrected chi connectivity index (χ1v) is 13.8. The van der Waals surface area contributed by atoms with Crippen molar-refractivity contribution in [2.75, 3.05) is 38.0 Å². The Balaban J connectivity index is 1.29. The molecule has 4 aromatic rings. The minimum atomic E-state index is -3.96. The van der Waals surface area contributed by atoms with E-state index >= 15 is 0 Å². The number of sulfonamides is 1. The fourth-order valence-electron chi connectivity index (χ4n) is 4.47. The summed E-state index contributed by atoms with van der Waals surface area (Å²) in [5.74, 6) is -0.198. The molecule has 0 unspecified atom stereocenters. The molecular weight excluding hydrogens is 518 g/mol. The number of aromatic nitrogens is 2. The second-order valence-corrected chi connectivity index (χ2v) is 10.8. The number of anilines is 1. The summed E-state index contributed by atoms with van der Waals surface area (Å²) < 4.78 is 34.4. The number of rotatable bonds is 6. The molecule has 3 heterocycles. The van der Waals surface area contributed by atoms with Crippen LogP contribution in [0.3, 0.4) is 0 Å². The molecule has 1 aliphatic heterocycles. The van der Waals surface area contributed by atoms with E-state index in [0.29, 0.717) is 48.3 Å². The van der Waals surface area contributed by atoms with Gasteiger partial charge in [-0.05, 0) is 42.8 Å². The van der Waals surface area contributed by atoms with Crippen LogP contribution in [0, 0.1) is 6.92 Å². The number of amides is 2. The van der Waals surface area contributed by atoms with Crippen molar-refractivity contribution in [2.45, 2.75) is 11.8 Å². The maximum atomic E-state index is 13.3. The zero-order valence-corrected chi connectivity index (χ0v) is 22.3. The lowest BCUT2D eigenvalue weighted by molar-refractivity contribution is 0.0530. The lowest BCUT2D eigenvalue weighted by Crippen LogP contribution is -2.50. The Kier molecular flexibility index (Phi) is 7.16. The fourth-order valence-corrected chi connectivity index (χ4v) is 5.70. The van der Waals surface area contributed by atoms with Crippen LogP contribution in [0.15, 0.2) is 78.0 Å². The quantitative estimate of drug-likeness (QED) is 0.394. The molecule has 0 bridgehead atoms. The largest absolute Gasteiger partial charge is 0.496 e. The number of piperazine rings is 1. The van der Waals surface area contributed by atoms with Crippen molar-refractivity contribution >= 4 is 38.4 Å². The van der Waals surface area contributed by atoms with Crippen molar-refractivity contribution in [3.63, 3.8) is 0 Å². The number of ether oxygens (including phenoxy) is 1. The van der Waals surface area contributed by atoms with E-state index in [4.69, 9.17) is 4.74 Å². The van der Waals surface area contributed by atoms with Gasteiger partial charge in [-0.15, -0.1) is 0 Å². The van der Waals surface area contributed by atoms with E-state index in [-0.39, 0.29) is 28.1 Å². The Labute approximate surface area is 226 Å². The number of carbonyl (C=O) groups is 2. The van der Waals surface area contributed by atoms with E-state index in [0.717, 1.165) is 5.56 Å². The number of carbonyl (C=O) groups excluding carboxylic acids is 2. The third-order valence-corrected chi connectivity index (χ3v) is 7.97. The summed E-state index contributed by atoms with van der Waals surface area (Å²) in [6.07, 6.45) is 3.20. The Bertz CT molecular complexity index is 1640. The zero-order chi connectivity index (χ0) is 27.6. The van der Waals surface area contributed by atoms with Crippen LogP contribution in [-0.2, 0) is 10.0 Å². The Morgan fingerprint density at radius 3 is 2.31 bits per heavy atom. The molecule has 2 aromatic heterocycles. The average Bonchev–Trinajstić information content (AvgIpc) is 2.96. The van der Waals surface area contributed by atoms with E-state index in [1.165, 1.54) is 31.4 Å². The molecular formula is C28H27N5O5S. The summed E-state index contributed by atoms with van der Waals surface area (Å²) in [5, 5.41) is 0.704. The molecule has 1 N–H and O–H groups in total. The highest BCUT2D eigenvalue weighted by Gasteiger charge is 2.28. The number of hydrogen-bond donors (Lipinski definition) is 1. The van der Waals surface area contributed by atoms with Gasteiger partial charge in [0.15, 0.2) is 0 Å². The summed E-state index contributed by atoms with van der Waals surface area (Å²) in [4.78, 5) is 37.9. The van der Waals surface area contributed by atoms with Gasteiger partial charge in [-0.1, -0.05) is 24.3 Å². The number of benzene rings is 2. The molecule has 39 heavy (non-hydrogen) atoms. The van der Waals surface area contributed by atoms with E-state index in [1.54, 1.807) is 52.5 Å². The highest BCUT2D eigenvalue weighted by Crippen LogP contribution is 2.28. The van der Waals surface area contributed by atoms with Crippen LogP contribution in [0.2, 0.25) is 0 Å². The minimum absolute atomic E-state index is 0.0491. The molecule has 200 valence electrons. The standard InChI is InChI=1S/C28H27N5O5S/c1-19-8-11-23(30-18-19)28(35)33-15-13-32(14-16-33)27(34)22-10-9-21(17-24(22)38-2)31-39(36,37)25-7-3-5-20-6-4-12-29-26(20)25/h3-12,17-18,31H,13-16H2,1-2H3. The summed E-state index contributed by atoms with van der Waals surface area (Å²) in [6.45, 7) is 3.35. The van der Waals surface area contributed by atoms with E-state index in [9.17, 15) is 18.0 Å². The summed E-state index contributed by atoms with van der Waals surface area (Å²) in [7, 11) is -2.54. The van der Waals surface area contributed by atoms with Gasteiger partial charge in [0, 0.05) is 50.0 Å². The Morgan fingerprint density at radius 1 is 0.897 bits per heavy atom. The maximum absolute atomic E-state index is 13.3. The van der Waals surface area contributed by atoms with Crippen LogP contribution >= 0.6 is 0 Å². The summed E-state index contributed by atoms with van der Waals surface area (Å²) in [6, 6.07) is 16.6. The van der Waals surface area contributed by atoms with Gasteiger partial charge in [0.25, 0.3) is 21.8 Å². The van der Waals surface area contributed by atoms with E-state index < -0.39 is 10.0 Å². The van der Waals surface area contributed by atoms with Crippen molar-refractivity contribution < 1.29 is 22.7 Å². The SMILES string of the molecule is COc1cc(NS(=O)(=O)c2cccc3cccnc23)ccc1C(=O)N1CCN(C(=O)c2ccc(C)cn2)CC1. The first kappa shape index (κ1) is 26.1. The fraction of sp³-hybridized carbons (Fsp3) is 0.214. The number of aryl methyl sites for hydroxylation is 1. The first-order chi connectivity index (χ1) is 18.8. The van der Waals surface area contributed by atoms with Crippen molar-refractivity contribution in [3.8, 4) is 5.75 Å². The van der Waals surface area contributed by atoms with Crippen molar-refractivity contribution in [2.24, 2.45) is 0 Å². The van der Waals surface area contributed by atoms with E-state index in [2.05, 4.69) is 14.7 Å². The molecule has 5 rings (SSSR count). The van der Waals surface area contributed by atoms with Crippen molar-refractivity contribution in [1.29, 1.82) is 0 Å². The average molecular weight is 546 g/mol. The highest BCUT2D eigenvalue weighted by molar-refractivity contribution is 7.93. The van der Waals surface area contributed by atoms with Crippen LogP contribution in [0.5, 0.6) is 5.75 Å². The first-order valence-electron chi connectivity index (χ1n) is 12.3. The highest BCUT2D eigenvalue weighted by atomic mass is 32.2. The number of methoxy groups -OCH3 is 1. The number of para-hydroxylation sites is 1. The van der Waals surface area contributed by atoms with Gasteiger partial charge in [-0.3, -0.25) is 24.3 Å². The summed E-state index contributed by atoms with van der Waals surface area (Å²) >= 11 is 0. The van der Waals surface area contributed by atoms with Gasteiger partial charge in [0.05, 0.1) is 23.9 Å². The van der Waals surface area contributed by atoms with E-state index in [1.807, 2.05) is 13.0 Å². The number of pyridine rings is 2. The molecule has 1 saturated heterocycles. The lowest BCUT2D eigenvalue weighted by atomic mass is 10.1. The van der Waals surface area contributed by atoms with Gasteiger partial charge in [0.1, 0.15) is 16.3 Å². The van der Waals surface area contributed by atoms with Gasteiger partial charge in [0.2, 0.25) is 0 Å². The number of nitrogens with one attached hydrogen (secondary N) is 1. The van der Waals surface area contributed by atoms with Crippen LogP contribution in [0.25, 0.3) is 10.9 Å². The predicted molar refractivity (Wildman–Crippen MR) is 146 cm³/mol. The Morgan fingerprint density at radius 2 is 1.62 bits per heavy atom. The molecule has 11 heteroatoms. The van der Waals surface area contributed by atoms with Crippen molar-refractivity contribution in [1.82, 2.24) is 19.8 Å². The minimum Gasteiger partial charge on any atom is -0.496 e. The van der Waals surface area contributed by atoms with Gasteiger partial charge >= 0.3 is 0 Å². The maximum Gasteiger partial charge on any atom is 0.272 e. The van der Waals surface area contributed by atoms with Crippen LogP contribution in [-0.4, -0.2) is 73.3 Å². The molecule has 10 nitrogen and oxygen atoms in total. The smallest absolute Gasteiger partial charge is 0.272 e. The van der Waals surface area contributed by atoms with Crippen LogP contribution < -0.4 is 9.46 Å². The van der Waals surface area contributed by atoms with Crippen LogP contribution in [0.4, 0.5) is 5.69 Å². The molecule has 0 saturated carbocycles. The van der Waals surface area contributed by atoms with Crippen molar-refractivity contribution in [3.05, 3.63) is 89.9 Å². The number of hydrogen-bond acceptors (Lipinski definition) is 7. The van der Waals surface area contributed by atoms with Gasteiger partial charge in [-0.2, -0.15) is 0 Å². The van der Waals surface area contributed by atoms with Gasteiger partial charge in [-0.25, -0.2) is 8.42 Å². The predicted octanol–water partition coefficient (Wildman–Crippen LogP) is 3.35.